The summed E-state index contributed by atoms with van der Waals surface area (Å²) in [4.78, 5) is 0. The summed E-state index contributed by atoms with van der Waals surface area (Å²) < 4.78 is 2.41. The number of rotatable bonds is 13. The number of nitrogens with zero attached hydrogens (tertiary/aromatic N) is 1. The molecule has 1 fully saturated rings. The second-order valence-corrected chi connectivity index (χ2v) is 18.7. The van der Waals surface area contributed by atoms with E-state index in [0.717, 1.165) is 0 Å². The fourth-order valence-corrected chi connectivity index (χ4v) is 9.89. The molecule has 1 aliphatic rings. The van der Waals surface area contributed by atoms with Crippen molar-refractivity contribution in [3.63, 3.8) is 0 Å². The molecule has 321 valence electrons. The van der Waals surface area contributed by atoms with Crippen LogP contribution in [0.1, 0.15) is 137 Å². The summed E-state index contributed by atoms with van der Waals surface area (Å²) in [7, 11) is 9.47. The molecule has 1 aromatic heterocycles. The van der Waals surface area contributed by atoms with E-state index in [9.17, 15) is 0 Å². The number of benzene rings is 6. The standard InChI is InChI=1S/C56H60N3.2ClH.Co/c1-39-35-40(2)55(41(3)36-39)58-43(5)59-34-22-21-33-52(59)42(4)57-56-50(44-23-11-6-12-24-44)37-49(53(45-25-13-7-14-26-45)46-27-15-8-16-28-46)38-51(56)54(47-29-17-9-18-30-47)48-31-19-10-20-32-48;;;/h7-10,13-22,25-38,42-44,53-54,57-58H,6,11-12,23-24H2,1-5H3;2*1H;/q+1;;;+2/p-2. The maximum absolute atomic E-state index is 4.73. The molecule has 6 heteroatoms. The third-order valence-electron chi connectivity index (χ3n) is 12.6. The minimum atomic E-state index is 0.0128. The maximum atomic E-state index is 4.73. The Balaban J connectivity index is 0.00000187. The predicted molar refractivity (Wildman–Crippen MR) is 259 cm³/mol. The van der Waals surface area contributed by atoms with Gasteiger partial charge < -0.3 is 10.6 Å². The molecule has 6 aromatic carbocycles. The third-order valence-corrected chi connectivity index (χ3v) is 12.6. The van der Waals surface area contributed by atoms with Gasteiger partial charge in [-0.1, -0.05) is 176 Å². The van der Waals surface area contributed by atoms with Gasteiger partial charge in [-0.25, -0.2) is 0 Å². The van der Waals surface area contributed by atoms with Gasteiger partial charge in [-0.05, 0) is 96.5 Å². The molecule has 1 saturated carbocycles. The molecule has 2 atom stereocenters. The molecule has 0 bridgehead atoms. The summed E-state index contributed by atoms with van der Waals surface area (Å²) in [5.41, 5.74) is 17.0. The zero-order valence-corrected chi connectivity index (χ0v) is 39.2. The number of pyridine rings is 1. The Labute approximate surface area is 385 Å². The zero-order valence-electron chi connectivity index (χ0n) is 36.6. The van der Waals surface area contributed by atoms with Gasteiger partial charge in [0.05, 0.1) is 0 Å². The van der Waals surface area contributed by atoms with Crippen molar-refractivity contribution < 1.29 is 17.5 Å². The zero-order chi connectivity index (χ0) is 43.4. The molecule has 0 saturated heterocycles. The average Bonchev–Trinajstić information content (AvgIpc) is 3.30. The third kappa shape index (κ3) is 10.8. The van der Waals surface area contributed by atoms with Crippen LogP contribution in [0.4, 0.5) is 11.4 Å². The minimum absolute atomic E-state index is 0.0128. The van der Waals surface area contributed by atoms with Crippen LogP contribution in [0.25, 0.3) is 0 Å². The van der Waals surface area contributed by atoms with Gasteiger partial charge in [0.1, 0.15) is 6.04 Å². The van der Waals surface area contributed by atoms with Crippen molar-refractivity contribution in [3.8, 4) is 0 Å². The molecule has 2 unspecified atom stereocenters. The van der Waals surface area contributed by atoms with Crippen molar-refractivity contribution in [1.82, 2.24) is 0 Å². The molecule has 0 radical (unpaired) electrons. The second-order valence-electron chi connectivity index (χ2n) is 17.0. The normalized spacial score (nSPS) is 14.0. The average molecular weight is 905 g/mol. The molecule has 62 heavy (non-hydrogen) atoms. The summed E-state index contributed by atoms with van der Waals surface area (Å²) in [5, 5.41) is 8.20. The van der Waals surface area contributed by atoms with Crippen LogP contribution < -0.4 is 15.2 Å². The Hall–Kier alpha value is -4.84. The van der Waals surface area contributed by atoms with Crippen LogP contribution in [0, 0.1) is 20.8 Å². The van der Waals surface area contributed by atoms with Crippen molar-refractivity contribution in [2.75, 3.05) is 10.6 Å². The molecular weight excluding hydrogens is 844 g/mol. The van der Waals surface area contributed by atoms with Crippen molar-refractivity contribution in [2.45, 2.75) is 96.7 Å². The molecule has 0 aliphatic heterocycles. The van der Waals surface area contributed by atoms with E-state index in [2.05, 4.69) is 220 Å². The molecule has 1 heterocycles. The SMILES string of the molecule is Cc1cc(C)c(NC(C)[n+]2ccccc2C(C)Nc2c(C3CCCCC3)cc(C(c3ccccc3)c3ccccc3)cc2C(c2ccccc2)c2ccccc2)c(C)c1.[Cl][Co][Cl]. The topological polar surface area (TPSA) is 27.9 Å². The summed E-state index contributed by atoms with van der Waals surface area (Å²) >= 11 is 0.382. The Morgan fingerprint density at radius 3 is 1.50 bits per heavy atom. The molecule has 0 amide bonds. The Kier molecular flexibility index (Phi) is 16.0. The number of halogens is 2. The second kappa shape index (κ2) is 22.0. The van der Waals surface area contributed by atoms with Crippen molar-refractivity contribution in [2.24, 2.45) is 0 Å². The molecule has 0 spiro atoms. The number of aryl methyl sites for hydroxylation is 3. The van der Waals surface area contributed by atoms with E-state index < -0.39 is 0 Å². The van der Waals surface area contributed by atoms with Gasteiger partial charge >= 0.3 is 33.2 Å². The van der Waals surface area contributed by atoms with Crippen LogP contribution in [-0.2, 0) is 12.9 Å². The monoisotopic (exact) mass is 903 g/mol. The summed E-state index contributed by atoms with van der Waals surface area (Å²) in [5.74, 6) is 0.583. The molecular formula is C56H60Cl2CoN3+. The van der Waals surface area contributed by atoms with Gasteiger partial charge in [-0.2, -0.15) is 4.57 Å². The molecule has 1 aliphatic carbocycles. The Morgan fingerprint density at radius 2 is 1.00 bits per heavy atom. The predicted octanol–water partition coefficient (Wildman–Crippen LogP) is 15.5. The number of aromatic nitrogens is 1. The summed E-state index contributed by atoms with van der Waals surface area (Å²) in [6.07, 6.45) is 8.52. The first-order valence-electron chi connectivity index (χ1n) is 22.1. The van der Waals surface area contributed by atoms with Crippen LogP contribution in [0.5, 0.6) is 0 Å². The van der Waals surface area contributed by atoms with E-state index in [-0.39, 0.29) is 24.0 Å². The molecule has 2 N–H and O–H groups in total. The number of hydrogen-bond acceptors (Lipinski definition) is 2. The molecule has 3 nitrogen and oxygen atoms in total. The fourth-order valence-electron chi connectivity index (χ4n) is 9.89. The van der Waals surface area contributed by atoms with E-state index in [1.807, 2.05) is 0 Å². The van der Waals surface area contributed by atoms with Gasteiger partial charge in [0.2, 0.25) is 11.9 Å². The Morgan fingerprint density at radius 1 is 0.532 bits per heavy atom. The van der Waals surface area contributed by atoms with Gasteiger partial charge in [0, 0.05) is 42.3 Å². The van der Waals surface area contributed by atoms with Crippen LogP contribution in [0.3, 0.4) is 0 Å². The van der Waals surface area contributed by atoms with Crippen LogP contribution in [-0.4, -0.2) is 0 Å². The first kappa shape index (κ1) is 45.2. The van der Waals surface area contributed by atoms with Gasteiger partial charge in [-0.3, -0.25) is 0 Å². The number of nitrogens with one attached hydrogen (secondary N) is 2. The van der Waals surface area contributed by atoms with E-state index >= 15 is 0 Å². The quantitative estimate of drug-likeness (QED) is 0.0891. The molecule has 7 aromatic rings. The van der Waals surface area contributed by atoms with Crippen LogP contribution >= 0.6 is 20.3 Å². The summed E-state index contributed by atoms with van der Waals surface area (Å²) in [6.45, 7) is 11.2. The van der Waals surface area contributed by atoms with Gasteiger partial charge in [0.25, 0.3) is 0 Å². The van der Waals surface area contributed by atoms with Gasteiger partial charge in [-0.15, -0.1) is 0 Å². The fraction of sp³-hybridized carbons (Fsp3) is 0.268. The van der Waals surface area contributed by atoms with Crippen molar-refractivity contribution >= 4 is 31.7 Å². The Bertz CT molecular complexity index is 2370. The number of anilines is 2. The number of hydrogen-bond donors (Lipinski definition) is 2. The molecule has 8 rings (SSSR count). The van der Waals surface area contributed by atoms with Crippen LogP contribution in [0.2, 0.25) is 0 Å². The van der Waals surface area contributed by atoms with Crippen molar-refractivity contribution in [1.29, 1.82) is 0 Å². The van der Waals surface area contributed by atoms with Crippen molar-refractivity contribution in [3.05, 3.63) is 231 Å². The van der Waals surface area contributed by atoms with Gasteiger partial charge in [0.15, 0.2) is 6.20 Å². The van der Waals surface area contributed by atoms with E-state index in [4.69, 9.17) is 20.3 Å². The summed E-state index contributed by atoms with van der Waals surface area (Å²) in [6, 6.07) is 60.9. The van der Waals surface area contributed by atoms with E-state index in [1.54, 1.807) is 0 Å². The van der Waals surface area contributed by atoms with E-state index in [0.29, 0.717) is 18.8 Å². The van der Waals surface area contributed by atoms with Crippen LogP contribution in [0.15, 0.2) is 170 Å². The first-order chi connectivity index (χ1) is 30.3. The van der Waals surface area contributed by atoms with E-state index in [1.165, 1.54) is 105 Å². The first-order valence-corrected chi connectivity index (χ1v) is 25.0.